The second kappa shape index (κ2) is 5.09. The van der Waals surface area contributed by atoms with E-state index < -0.39 is 5.91 Å². The second-order valence-electron chi connectivity index (χ2n) is 2.98. The van der Waals surface area contributed by atoms with Gasteiger partial charge in [-0.2, -0.15) is 0 Å². The molecule has 0 saturated heterocycles. The summed E-state index contributed by atoms with van der Waals surface area (Å²) < 4.78 is 10.4. The lowest BCUT2D eigenvalue weighted by molar-refractivity contribution is -0.118. The fourth-order valence-corrected chi connectivity index (χ4v) is 1.07. The number of carbonyl (C=O) groups is 1. The Hall–Kier alpha value is -1.91. The van der Waals surface area contributed by atoms with Gasteiger partial charge in [-0.05, 0) is 12.1 Å². The fraction of sp³-hybridized carbons (Fsp3) is 0.300. The van der Waals surface area contributed by atoms with Gasteiger partial charge in [0, 0.05) is 11.8 Å². The zero-order valence-electron chi connectivity index (χ0n) is 8.53. The van der Waals surface area contributed by atoms with E-state index in [1.807, 2.05) is 0 Å². The van der Waals surface area contributed by atoms with Crippen molar-refractivity contribution in [3.63, 3.8) is 0 Å². The summed E-state index contributed by atoms with van der Waals surface area (Å²) in [4.78, 5) is 10.5. The number of primary amides is 1. The molecule has 0 heterocycles. The summed E-state index contributed by atoms with van der Waals surface area (Å²) in [6, 6.07) is 5.05. The summed E-state index contributed by atoms with van der Waals surface area (Å²) in [5.74, 6) is 0.685. The quantitative estimate of drug-likeness (QED) is 0.694. The van der Waals surface area contributed by atoms with E-state index in [0.29, 0.717) is 17.2 Å². The molecule has 0 unspecified atom stereocenters. The van der Waals surface area contributed by atoms with Crippen molar-refractivity contribution in [2.24, 2.45) is 5.73 Å². The molecule has 0 aliphatic carbocycles. The monoisotopic (exact) mass is 210 g/mol. The topological polar surface area (TPSA) is 87.6 Å². The Balaban J connectivity index is 2.65. The minimum absolute atomic E-state index is 0.165. The third-order valence-electron chi connectivity index (χ3n) is 1.79. The summed E-state index contributed by atoms with van der Waals surface area (Å²) in [7, 11) is 1.53. The Morgan fingerprint density at radius 1 is 1.40 bits per heavy atom. The first kappa shape index (κ1) is 11.2. The van der Waals surface area contributed by atoms with Crippen molar-refractivity contribution in [2.45, 2.75) is 6.42 Å². The lowest BCUT2D eigenvalue weighted by Gasteiger charge is -2.10. The van der Waals surface area contributed by atoms with Gasteiger partial charge >= 0.3 is 0 Å². The number of benzene rings is 1. The Bertz CT molecular complexity index is 353. The lowest BCUT2D eigenvalue weighted by Crippen LogP contribution is -2.14. The molecule has 0 atom stereocenters. The second-order valence-corrected chi connectivity index (χ2v) is 2.98. The molecule has 0 aromatic heterocycles. The van der Waals surface area contributed by atoms with Gasteiger partial charge in [-0.1, -0.05) is 0 Å². The van der Waals surface area contributed by atoms with Crippen LogP contribution in [0.4, 0.5) is 5.69 Å². The Morgan fingerprint density at radius 2 is 2.13 bits per heavy atom. The molecule has 1 aromatic rings. The number of rotatable bonds is 5. The number of nitrogens with two attached hydrogens (primary N) is 2. The fourth-order valence-electron chi connectivity index (χ4n) is 1.07. The number of nitrogen functional groups attached to an aromatic ring is 1. The molecular formula is C10H14N2O3. The van der Waals surface area contributed by atoms with Gasteiger partial charge in [-0.15, -0.1) is 0 Å². The van der Waals surface area contributed by atoms with E-state index in [1.165, 1.54) is 7.11 Å². The highest BCUT2D eigenvalue weighted by Crippen LogP contribution is 2.28. The van der Waals surface area contributed by atoms with Crippen molar-refractivity contribution >= 4 is 11.6 Å². The highest BCUT2D eigenvalue weighted by molar-refractivity contribution is 5.73. The molecule has 0 saturated carbocycles. The smallest absolute Gasteiger partial charge is 0.220 e. The molecule has 5 nitrogen and oxygen atoms in total. The zero-order chi connectivity index (χ0) is 11.3. The minimum atomic E-state index is -0.405. The predicted molar refractivity (Wildman–Crippen MR) is 56.7 cm³/mol. The van der Waals surface area contributed by atoms with E-state index >= 15 is 0 Å². The van der Waals surface area contributed by atoms with Crippen molar-refractivity contribution in [1.82, 2.24) is 0 Å². The average molecular weight is 210 g/mol. The highest BCUT2D eigenvalue weighted by Gasteiger charge is 2.04. The third kappa shape index (κ3) is 3.38. The van der Waals surface area contributed by atoms with Gasteiger partial charge < -0.3 is 20.9 Å². The largest absolute Gasteiger partial charge is 0.493 e. The van der Waals surface area contributed by atoms with Crippen LogP contribution in [0.15, 0.2) is 18.2 Å². The van der Waals surface area contributed by atoms with Crippen LogP contribution in [0.5, 0.6) is 11.5 Å². The Labute approximate surface area is 88.0 Å². The van der Waals surface area contributed by atoms with Crippen molar-refractivity contribution in [2.75, 3.05) is 19.5 Å². The van der Waals surface area contributed by atoms with Crippen LogP contribution >= 0.6 is 0 Å². The van der Waals surface area contributed by atoms with Gasteiger partial charge in [-0.25, -0.2) is 0 Å². The summed E-state index contributed by atoms with van der Waals surface area (Å²) in [6.07, 6.45) is 0.165. The SMILES string of the molecule is COc1ccc(N)cc1OCCC(N)=O. The molecule has 4 N–H and O–H groups in total. The zero-order valence-corrected chi connectivity index (χ0v) is 8.53. The van der Waals surface area contributed by atoms with Crippen LogP contribution < -0.4 is 20.9 Å². The van der Waals surface area contributed by atoms with E-state index in [9.17, 15) is 4.79 Å². The molecule has 1 aromatic carbocycles. The third-order valence-corrected chi connectivity index (χ3v) is 1.79. The molecule has 0 aliphatic heterocycles. The molecule has 82 valence electrons. The first-order chi connectivity index (χ1) is 7.13. The van der Waals surface area contributed by atoms with Crippen LogP contribution in [0.25, 0.3) is 0 Å². The molecule has 0 radical (unpaired) electrons. The molecule has 15 heavy (non-hydrogen) atoms. The van der Waals surface area contributed by atoms with Crippen LogP contribution in [0, 0.1) is 0 Å². The average Bonchev–Trinajstić information content (AvgIpc) is 2.17. The summed E-state index contributed by atoms with van der Waals surface area (Å²) in [5.41, 5.74) is 11.1. The molecule has 0 spiro atoms. The first-order valence-electron chi connectivity index (χ1n) is 4.48. The van der Waals surface area contributed by atoms with Crippen molar-refractivity contribution in [1.29, 1.82) is 0 Å². The van der Waals surface area contributed by atoms with Crippen LogP contribution in [-0.2, 0) is 4.79 Å². The number of hydrogen-bond donors (Lipinski definition) is 2. The maximum atomic E-state index is 10.5. The molecule has 0 bridgehead atoms. The summed E-state index contributed by atoms with van der Waals surface area (Å²) >= 11 is 0. The predicted octanol–water partition coefficient (Wildman–Crippen LogP) is 0.532. The standard InChI is InChI=1S/C10H14N2O3/c1-14-8-3-2-7(11)6-9(8)15-5-4-10(12)13/h2-3,6H,4-5,11H2,1H3,(H2,12,13). The van der Waals surface area contributed by atoms with Crippen molar-refractivity contribution < 1.29 is 14.3 Å². The van der Waals surface area contributed by atoms with Gasteiger partial charge in [0.05, 0.1) is 20.1 Å². The van der Waals surface area contributed by atoms with Crippen LogP contribution in [0.2, 0.25) is 0 Å². The molecule has 0 aliphatic rings. The lowest BCUT2D eigenvalue weighted by atomic mass is 10.3. The Kier molecular flexibility index (Phi) is 3.79. The van der Waals surface area contributed by atoms with Gasteiger partial charge in [0.2, 0.25) is 5.91 Å². The van der Waals surface area contributed by atoms with Crippen LogP contribution in [0.3, 0.4) is 0 Å². The van der Waals surface area contributed by atoms with E-state index in [4.69, 9.17) is 20.9 Å². The number of methoxy groups -OCH3 is 1. The number of hydrogen-bond acceptors (Lipinski definition) is 4. The van der Waals surface area contributed by atoms with E-state index in [1.54, 1.807) is 18.2 Å². The van der Waals surface area contributed by atoms with Gasteiger partial charge in [-0.3, -0.25) is 4.79 Å². The van der Waals surface area contributed by atoms with Gasteiger partial charge in [0.1, 0.15) is 0 Å². The van der Waals surface area contributed by atoms with Crippen LogP contribution in [-0.4, -0.2) is 19.6 Å². The number of carbonyl (C=O) groups excluding carboxylic acids is 1. The maximum absolute atomic E-state index is 10.5. The highest BCUT2D eigenvalue weighted by atomic mass is 16.5. The molecular weight excluding hydrogens is 196 g/mol. The molecule has 0 fully saturated rings. The van der Waals surface area contributed by atoms with Gasteiger partial charge in [0.15, 0.2) is 11.5 Å². The van der Waals surface area contributed by atoms with E-state index in [2.05, 4.69) is 0 Å². The normalized spacial score (nSPS) is 9.67. The van der Waals surface area contributed by atoms with Gasteiger partial charge in [0.25, 0.3) is 0 Å². The summed E-state index contributed by atoms with van der Waals surface area (Å²) in [6.45, 7) is 0.217. The number of ether oxygens (including phenoxy) is 2. The van der Waals surface area contributed by atoms with E-state index in [-0.39, 0.29) is 13.0 Å². The number of anilines is 1. The maximum Gasteiger partial charge on any atom is 0.220 e. The molecule has 1 amide bonds. The molecule has 1 rings (SSSR count). The molecule has 5 heteroatoms. The summed E-state index contributed by atoms with van der Waals surface area (Å²) in [5, 5.41) is 0. The Morgan fingerprint density at radius 3 is 2.73 bits per heavy atom. The van der Waals surface area contributed by atoms with Crippen LogP contribution in [0.1, 0.15) is 6.42 Å². The van der Waals surface area contributed by atoms with Crippen molar-refractivity contribution in [3.8, 4) is 11.5 Å². The van der Waals surface area contributed by atoms with E-state index in [0.717, 1.165) is 0 Å². The van der Waals surface area contributed by atoms with Crippen molar-refractivity contribution in [3.05, 3.63) is 18.2 Å². The minimum Gasteiger partial charge on any atom is -0.493 e. The first-order valence-corrected chi connectivity index (χ1v) is 4.48. The number of amides is 1.